The molecular formula is C64H54N4. The van der Waals surface area contributed by atoms with E-state index < -0.39 is 0 Å². The van der Waals surface area contributed by atoms with Crippen molar-refractivity contribution in [3.8, 4) is 11.4 Å². The Labute approximate surface area is 398 Å². The van der Waals surface area contributed by atoms with E-state index in [1.165, 1.54) is 99.7 Å². The molecule has 0 amide bonds. The summed E-state index contributed by atoms with van der Waals surface area (Å²) >= 11 is 0. The Morgan fingerprint density at radius 2 is 0.706 bits per heavy atom. The summed E-state index contributed by atoms with van der Waals surface area (Å²) in [6.07, 6.45) is 1.68. The first-order valence-corrected chi connectivity index (χ1v) is 24.2. The van der Waals surface area contributed by atoms with Gasteiger partial charge in [-0.1, -0.05) is 151 Å². The minimum atomic E-state index is 0.0635. The van der Waals surface area contributed by atoms with Crippen LogP contribution in [-0.4, -0.2) is 9.13 Å². The van der Waals surface area contributed by atoms with Crippen molar-refractivity contribution in [2.24, 2.45) is 0 Å². The topological polar surface area (TPSA) is 16.3 Å². The summed E-state index contributed by atoms with van der Waals surface area (Å²) in [5, 5.41) is 5.10. The number of nitrogens with zero attached hydrogens (tertiary/aromatic N) is 4. The van der Waals surface area contributed by atoms with Crippen LogP contribution in [0, 0.1) is 0 Å². The van der Waals surface area contributed by atoms with Crippen molar-refractivity contribution < 1.29 is 0 Å². The zero-order chi connectivity index (χ0) is 46.1. The molecule has 4 heteroatoms. The number of para-hydroxylation sites is 4. The third-order valence-corrected chi connectivity index (χ3v) is 14.8. The molecule has 9 aromatic carbocycles. The minimum Gasteiger partial charge on any atom is -0.310 e. The quantitative estimate of drug-likeness (QED) is 0.165. The Morgan fingerprint density at radius 3 is 1.09 bits per heavy atom. The summed E-state index contributed by atoms with van der Waals surface area (Å²) < 4.78 is 5.16. The molecule has 0 unspecified atom stereocenters. The Morgan fingerprint density at radius 1 is 0.353 bits per heavy atom. The molecule has 0 saturated heterocycles. The predicted molar refractivity (Wildman–Crippen MR) is 287 cm³/mol. The van der Waals surface area contributed by atoms with Crippen molar-refractivity contribution in [3.63, 3.8) is 0 Å². The third-order valence-electron chi connectivity index (χ3n) is 14.8. The van der Waals surface area contributed by atoms with E-state index in [1.807, 2.05) is 0 Å². The Balaban J connectivity index is 1.08. The van der Waals surface area contributed by atoms with Gasteiger partial charge in [0, 0.05) is 79.6 Å². The third kappa shape index (κ3) is 6.13. The van der Waals surface area contributed by atoms with Crippen LogP contribution >= 0.6 is 0 Å². The van der Waals surface area contributed by atoms with Crippen LogP contribution in [0.25, 0.3) is 55.0 Å². The molecule has 0 saturated carbocycles. The molecule has 0 radical (unpaired) electrons. The van der Waals surface area contributed by atoms with Gasteiger partial charge in [-0.25, -0.2) is 0 Å². The fourth-order valence-electron chi connectivity index (χ4n) is 11.5. The van der Waals surface area contributed by atoms with Gasteiger partial charge in [-0.2, -0.15) is 0 Å². The summed E-state index contributed by atoms with van der Waals surface area (Å²) in [4.78, 5) is 4.93. The highest BCUT2D eigenvalue weighted by Gasteiger charge is 2.31. The second-order valence-electron chi connectivity index (χ2n) is 21.0. The molecule has 13 rings (SSSR count). The van der Waals surface area contributed by atoms with Crippen molar-refractivity contribution in [1.82, 2.24) is 9.13 Å². The molecule has 11 aromatic rings. The average Bonchev–Trinajstić information content (AvgIpc) is 3.86. The fourth-order valence-corrected chi connectivity index (χ4v) is 11.5. The van der Waals surface area contributed by atoms with Crippen LogP contribution in [0.1, 0.15) is 74.9 Å². The van der Waals surface area contributed by atoms with Gasteiger partial charge < -0.3 is 18.9 Å². The average molecular weight is 879 g/mol. The maximum Gasteiger partial charge on any atom is 0.0597 e. The Kier molecular flexibility index (Phi) is 8.83. The van der Waals surface area contributed by atoms with Crippen LogP contribution in [-0.2, 0) is 23.7 Å². The smallest absolute Gasteiger partial charge is 0.0597 e. The van der Waals surface area contributed by atoms with E-state index in [4.69, 9.17) is 0 Å². The first-order valence-electron chi connectivity index (χ1n) is 24.2. The molecule has 2 aliphatic heterocycles. The Hall–Kier alpha value is -7.82. The van der Waals surface area contributed by atoms with Gasteiger partial charge in [0.1, 0.15) is 0 Å². The van der Waals surface area contributed by atoms with E-state index in [1.54, 1.807) is 0 Å². The molecule has 0 atom stereocenters. The zero-order valence-electron chi connectivity index (χ0n) is 39.7. The standard InChI is InChI=1S/C64H54N4/c1-63(2,3)43-25-29-47(30-26-43)65(45-19-9-7-10-20-45)57-35-33-49-51-39-60-52(40-59(51)67-55-23-15-13-17-41(55)37-53(57)61(49)67)50-34-36-58(54-38-42-18-14-16-24-56(42)68(60)62(50)54)66(46-21-11-8-12-22-46)48-31-27-44(28-32-48)64(4,5)6/h7-36,39-40H,37-38H2,1-6H3. The van der Waals surface area contributed by atoms with Crippen LogP contribution in [0.2, 0.25) is 0 Å². The second-order valence-corrected chi connectivity index (χ2v) is 21.0. The van der Waals surface area contributed by atoms with Crippen LogP contribution in [0.15, 0.2) is 194 Å². The summed E-state index contributed by atoms with van der Waals surface area (Å²) in [6.45, 7) is 13.7. The van der Waals surface area contributed by atoms with Crippen molar-refractivity contribution in [2.45, 2.75) is 65.2 Å². The number of hydrogen-bond donors (Lipinski definition) is 0. The number of aromatic nitrogens is 2. The van der Waals surface area contributed by atoms with E-state index >= 15 is 0 Å². The lowest BCUT2D eigenvalue weighted by atomic mass is 9.87. The van der Waals surface area contributed by atoms with Gasteiger partial charge in [-0.05, 0) is 118 Å². The molecule has 330 valence electrons. The maximum atomic E-state index is 2.58. The van der Waals surface area contributed by atoms with Gasteiger partial charge >= 0.3 is 0 Å². The zero-order valence-corrected chi connectivity index (χ0v) is 39.7. The van der Waals surface area contributed by atoms with Crippen LogP contribution in [0.5, 0.6) is 0 Å². The first-order chi connectivity index (χ1) is 33.0. The number of benzene rings is 9. The van der Waals surface area contributed by atoms with Crippen molar-refractivity contribution in [1.29, 1.82) is 0 Å². The van der Waals surface area contributed by atoms with E-state index in [-0.39, 0.29) is 10.8 Å². The molecular weight excluding hydrogens is 825 g/mol. The van der Waals surface area contributed by atoms with E-state index in [0.717, 1.165) is 35.6 Å². The van der Waals surface area contributed by atoms with Gasteiger partial charge in [0.15, 0.2) is 0 Å². The lowest BCUT2D eigenvalue weighted by molar-refractivity contribution is 0.590. The number of fused-ring (bicyclic) bond motifs is 10. The summed E-state index contributed by atoms with van der Waals surface area (Å²) in [6, 6.07) is 72.8. The SMILES string of the molecule is CC(C)(C)c1ccc(N(c2ccccc2)c2ccc3c4cc5c(cc4n4c3c2Cc2ccccc2-4)c2ccc(N(c3ccccc3)c3ccc(C(C)(C)C)cc3)c3c2n5-c2ccccc2C3)cc1. The van der Waals surface area contributed by atoms with Crippen molar-refractivity contribution in [2.75, 3.05) is 9.80 Å². The highest BCUT2D eigenvalue weighted by molar-refractivity contribution is 6.21. The molecule has 2 aliphatic rings. The first kappa shape index (κ1) is 40.5. The summed E-state index contributed by atoms with van der Waals surface area (Å²) in [5.74, 6) is 0. The van der Waals surface area contributed by atoms with Crippen LogP contribution in [0.3, 0.4) is 0 Å². The maximum absolute atomic E-state index is 2.58. The molecule has 4 heterocycles. The Bertz CT molecular complexity index is 3530. The van der Waals surface area contributed by atoms with Gasteiger partial charge in [-0.3, -0.25) is 0 Å². The molecule has 0 spiro atoms. The summed E-state index contributed by atoms with van der Waals surface area (Å²) in [7, 11) is 0. The van der Waals surface area contributed by atoms with Crippen molar-refractivity contribution in [3.05, 3.63) is 228 Å². The molecule has 0 fully saturated rings. The molecule has 0 N–H and O–H groups in total. The van der Waals surface area contributed by atoms with E-state index in [0.29, 0.717) is 0 Å². The fraction of sp³-hybridized carbons (Fsp3) is 0.156. The lowest BCUT2D eigenvalue weighted by Crippen LogP contribution is -2.16. The molecule has 4 nitrogen and oxygen atoms in total. The van der Waals surface area contributed by atoms with Crippen LogP contribution < -0.4 is 9.80 Å². The second kappa shape index (κ2) is 14.8. The molecule has 2 aromatic heterocycles. The predicted octanol–water partition coefficient (Wildman–Crippen LogP) is 17.2. The molecule has 0 aliphatic carbocycles. The van der Waals surface area contributed by atoms with Gasteiger partial charge in [0.25, 0.3) is 0 Å². The minimum absolute atomic E-state index is 0.0635. The normalized spacial score (nSPS) is 13.0. The molecule has 0 bridgehead atoms. The highest BCUT2D eigenvalue weighted by Crippen LogP contribution is 2.51. The summed E-state index contributed by atoms with van der Waals surface area (Å²) in [5.41, 5.74) is 22.7. The number of rotatable bonds is 6. The van der Waals surface area contributed by atoms with Gasteiger partial charge in [0.05, 0.1) is 33.4 Å². The van der Waals surface area contributed by atoms with Crippen molar-refractivity contribution >= 4 is 77.7 Å². The van der Waals surface area contributed by atoms with Gasteiger partial charge in [-0.15, -0.1) is 0 Å². The largest absolute Gasteiger partial charge is 0.310 e. The molecule has 68 heavy (non-hydrogen) atoms. The van der Waals surface area contributed by atoms with E-state index in [2.05, 4.69) is 255 Å². The van der Waals surface area contributed by atoms with Gasteiger partial charge in [0.2, 0.25) is 0 Å². The van der Waals surface area contributed by atoms with E-state index in [9.17, 15) is 0 Å². The number of anilines is 6. The van der Waals surface area contributed by atoms with Crippen LogP contribution in [0.4, 0.5) is 34.1 Å². The highest BCUT2D eigenvalue weighted by atomic mass is 15.2. The number of hydrogen-bond acceptors (Lipinski definition) is 2. The lowest BCUT2D eigenvalue weighted by Gasteiger charge is -2.31. The monoisotopic (exact) mass is 878 g/mol.